The van der Waals surface area contributed by atoms with Crippen LogP contribution in [0.4, 0.5) is 10.1 Å². The number of nitrogens with zero attached hydrogens (tertiary/aromatic N) is 1. The Kier molecular flexibility index (Phi) is 5.48. The van der Waals surface area contributed by atoms with Crippen LogP contribution < -0.4 is 10.6 Å². The second kappa shape index (κ2) is 7.39. The lowest BCUT2D eigenvalue weighted by atomic mass is 10.1. The van der Waals surface area contributed by atoms with Gasteiger partial charge in [-0.3, -0.25) is 9.59 Å². The predicted octanol–water partition coefficient (Wildman–Crippen LogP) is 2.74. The monoisotopic (exact) mass is 365 g/mol. The fraction of sp³-hybridized carbons (Fsp3) is 0.250. The minimum Gasteiger partial charge on any atom is -0.477 e. The van der Waals surface area contributed by atoms with Gasteiger partial charge in [-0.25, -0.2) is 14.2 Å². The lowest BCUT2D eigenvalue weighted by Gasteiger charge is -2.12. The minimum absolute atomic E-state index is 0.0916. The predicted molar refractivity (Wildman–Crippen MR) is 90.4 cm³/mol. The van der Waals surface area contributed by atoms with Gasteiger partial charge in [-0.15, -0.1) is 11.3 Å². The van der Waals surface area contributed by atoms with E-state index in [4.69, 9.17) is 5.11 Å². The summed E-state index contributed by atoms with van der Waals surface area (Å²) in [5.41, 5.74) is 0.443. The number of carbonyl (C=O) groups excluding carboxylic acids is 2. The summed E-state index contributed by atoms with van der Waals surface area (Å²) in [6.07, 6.45) is 0. The van der Waals surface area contributed by atoms with Crippen molar-refractivity contribution in [2.45, 2.75) is 26.8 Å². The van der Waals surface area contributed by atoms with Crippen LogP contribution in [0.1, 0.15) is 50.6 Å². The number of nitrogens with one attached hydrogen (secondary N) is 2. The van der Waals surface area contributed by atoms with Crippen LogP contribution in [0.5, 0.6) is 0 Å². The molecule has 1 aromatic heterocycles. The van der Waals surface area contributed by atoms with Crippen LogP contribution in [0.25, 0.3) is 0 Å². The van der Waals surface area contributed by atoms with E-state index in [2.05, 4.69) is 15.6 Å². The van der Waals surface area contributed by atoms with Crippen LogP contribution in [0.2, 0.25) is 0 Å². The zero-order chi connectivity index (χ0) is 18.7. The molecule has 0 fully saturated rings. The van der Waals surface area contributed by atoms with Gasteiger partial charge < -0.3 is 15.7 Å². The smallest absolute Gasteiger partial charge is 0.347 e. The zero-order valence-corrected chi connectivity index (χ0v) is 14.5. The summed E-state index contributed by atoms with van der Waals surface area (Å²) in [5, 5.41) is 14.5. The second-order valence-corrected chi connectivity index (χ2v) is 6.37. The molecule has 0 radical (unpaired) electrons. The quantitative estimate of drug-likeness (QED) is 0.755. The van der Waals surface area contributed by atoms with Crippen molar-refractivity contribution in [3.05, 3.63) is 45.2 Å². The Labute approximate surface area is 146 Å². The van der Waals surface area contributed by atoms with Crippen molar-refractivity contribution in [2.24, 2.45) is 0 Å². The minimum atomic E-state index is -1.07. The molecule has 1 aromatic carbocycles. The van der Waals surface area contributed by atoms with E-state index in [1.54, 1.807) is 13.8 Å². The second-order valence-electron chi connectivity index (χ2n) is 5.34. The van der Waals surface area contributed by atoms with Gasteiger partial charge in [0, 0.05) is 12.5 Å². The Morgan fingerprint density at radius 3 is 2.56 bits per heavy atom. The molecule has 0 aliphatic rings. The highest BCUT2D eigenvalue weighted by atomic mass is 32.1. The molecule has 0 spiro atoms. The average Bonchev–Trinajstić information content (AvgIpc) is 2.91. The molecule has 1 atom stereocenters. The molecule has 0 saturated heterocycles. The van der Waals surface area contributed by atoms with E-state index in [0.29, 0.717) is 10.7 Å². The largest absolute Gasteiger partial charge is 0.477 e. The van der Waals surface area contributed by atoms with Gasteiger partial charge in [0.05, 0.1) is 17.4 Å². The molecule has 0 aliphatic heterocycles. The van der Waals surface area contributed by atoms with Gasteiger partial charge in [-0.1, -0.05) is 0 Å². The number of rotatable bonds is 5. The van der Waals surface area contributed by atoms with Crippen LogP contribution in [-0.4, -0.2) is 27.9 Å². The third-order valence-electron chi connectivity index (χ3n) is 3.26. The number of aromatic nitrogens is 1. The SMILES string of the molecule is CC(=O)Nc1cc(C(=O)NC(C)c2nc(C)c(C(=O)O)s2)ccc1F. The van der Waals surface area contributed by atoms with Gasteiger partial charge in [0.25, 0.3) is 5.91 Å². The summed E-state index contributed by atoms with van der Waals surface area (Å²) in [5.74, 6) is -2.67. The lowest BCUT2D eigenvalue weighted by molar-refractivity contribution is -0.114. The first-order valence-electron chi connectivity index (χ1n) is 7.27. The first-order chi connectivity index (χ1) is 11.7. The van der Waals surface area contributed by atoms with E-state index >= 15 is 0 Å². The molecule has 25 heavy (non-hydrogen) atoms. The van der Waals surface area contributed by atoms with Crippen molar-refractivity contribution in [1.29, 1.82) is 0 Å². The van der Waals surface area contributed by atoms with Gasteiger partial charge >= 0.3 is 5.97 Å². The highest BCUT2D eigenvalue weighted by Crippen LogP contribution is 2.24. The fourth-order valence-corrected chi connectivity index (χ4v) is 3.00. The van der Waals surface area contributed by atoms with Crippen molar-refractivity contribution in [3.8, 4) is 0 Å². The number of amides is 2. The molecule has 7 nitrogen and oxygen atoms in total. The number of carboxylic acid groups (broad SMARTS) is 1. The maximum absolute atomic E-state index is 13.6. The zero-order valence-electron chi connectivity index (χ0n) is 13.7. The Hall–Kier alpha value is -2.81. The number of carbonyl (C=O) groups is 3. The maximum Gasteiger partial charge on any atom is 0.347 e. The van der Waals surface area contributed by atoms with Gasteiger partial charge in [-0.2, -0.15) is 0 Å². The number of hydrogen-bond donors (Lipinski definition) is 3. The normalized spacial score (nSPS) is 11.7. The first kappa shape index (κ1) is 18.5. The first-order valence-corrected chi connectivity index (χ1v) is 8.09. The number of aryl methyl sites for hydroxylation is 1. The summed E-state index contributed by atoms with van der Waals surface area (Å²) in [4.78, 5) is 38.7. The maximum atomic E-state index is 13.6. The van der Waals surface area contributed by atoms with Gasteiger partial charge in [-0.05, 0) is 32.0 Å². The molecule has 1 heterocycles. The summed E-state index contributed by atoms with van der Waals surface area (Å²) in [6, 6.07) is 3.08. The van der Waals surface area contributed by atoms with Crippen LogP contribution in [0.3, 0.4) is 0 Å². The standard InChI is InChI=1S/C16H16FN3O4S/c1-7-13(16(23)24)25-15(19-7)8(2)18-14(22)10-4-5-11(17)12(6-10)20-9(3)21/h4-6,8H,1-3H3,(H,18,22)(H,20,21)(H,23,24). The van der Waals surface area contributed by atoms with Gasteiger partial charge in [0.15, 0.2) is 0 Å². The molecule has 3 N–H and O–H groups in total. The molecule has 0 bridgehead atoms. The average molecular weight is 365 g/mol. The van der Waals surface area contributed by atoms with E-state index < -0.39 is 29.6 Å². The summed E-state index contributed by atoms with van der Waals surface area (Å²) < 4.78 is 13.6. The van der Waals surface area contributed by atoms with Gasteiger partial charge in [0.2, 0.25) is 5.91 Å². The highest BCUT2D eigenvalue weighted by Gasteiger charge is 2.20. The van der Waals surface area contributed by atoms with Crippen molar-refractivity contribution < 1.29 is 23.9 Å². The molecule has 2 amide bonds. The Morgan fingerprint density at radius 2 is 2.00 bits per heavy atom. The Morgan fingerprint density at radius 1 is 1.32 bits per heavy atom. The van der Waals surface area contributed by atoms with Crippen molar-refractivity contribution in [3.63, 3.8) is 0 Å². The summed E-state index contributed by atoms with van der Waals surface area (Å²) in [6.45, 7) is 4.48. The number of thiazole rings is 1. The number of halogens is 1. The molecule has 1 unspecified atom stereocenters. The van der Waals surface area contributed by atoms with E-state index in [0.717, 1.165) is 17.4 Å². The van der Waals surface area contributed by atoms with E-state index in [9.17, 15) is 18.8 Å². The van der Waals surface area contributed by atoms with Crippen molar-refractivity contribution >= 4 is 34.8 Å². The lowest BCUT2D eigenvalue weighted by Crippen LogP contribution is -2.26. The number of benzene rings is 1. The number of hydrogen-bond acceptors (Lipinski definition) is 5. The number of aromatic carboxylic acids is 1. The van der Waals surface area contributed by atoms with Gasteiger partial charge in [0.1, 0.15) is 15.7 Å². The number of anilines is 1. The molecule has 0 saturated carbocycles. The third-order valence-corrected chi connectivity index (χ3v) is 4.59. The van der Waals surface area contributed by atoms with E-state index in [-0.39, 0.29) is 16.1 Å². The molecular formula is C16H16FN3O4S. The Bertz CT molecular complexity index is 850. The Balaban J connectivity index is 2.17. The molecular weight excluding hydrogens is 349 g/mol. The number of carboxylic acids is 1. The van der Waals surface area contributed by atoms with Crippen LogP contribution >= 0.6 is 11.3 Å². The highest BCUT2D eigenvalue weighted by molar-refractivity contribution is 7.13. The van der Waals surface area contributed by atoms with Crippen molar-refractivity contribution in [2.75, 3.05) is 5.32 Å². The molecule has 0 aliphatic carbocycles. The molecule has 2 aromatic rings. The van der Waals surface area contributed by atoms with Crippen LogP contribution in [0, 0.1) is 12.7 Å². The van der Waals surface area contributed by atoms with Crippen LogP contribution in [0.15, 0.2) is 18.2 Å². The fourth-order valence-electron chi connectivity index (χ4n) is 2.09. The van der Waals surface area contributed by atoms with E-state index in [1.165, 1.54) is 19.1 Å². The topological polar surface area (TPSA) is 108 Å². The van der Waals surface area contributed by atoms with E-state index in [1.807, 2.05) is 0 Å². The van der Waals surface area contributed by atoms with Crippen LogP contribution in [-0.2, 0) is 4.79 Å². The van der Waals surface area contributed by atoms with Crippen molar-refractivity contribution in [1.82, 2.24) is 10.3 Å². The summed E-state index contributed by atoms with van der Waals surface area (Å²) >= 11 is 0.985. The molecule has 132 valence electrons. The molecule has 2 rings (SSSR count). The molecule has 9 heteroatoms. The third kappa shape index (κ3) is 4.38. The summed E-state index contributed by atoms with van der Waals surface area (Å²) in [7, 11) is 0.